The molecule has 3 heteroatoms. The Morgan fingerprint density at radius 2 is 2.20 bits per heavy atom. The molecule has 0 unspecified atom stereocenters. The molecule has 0 aliphatic carbocycles. The number of carboxylic acids is 1. The van der Waals surface area contributed by atoms with Gasteiger partial charge >= 0.3 is 5.97 Å². The summed E-state index contributed by atoms with van der Waals surface area (Å²) >= 11 is 0. The van der Waals surface area contributed by atoms with Crippen molar-refractivity contribution in [3.8, 4) is 5.75 Å². The molecule has 82 valence electrons. The summed E-state index contributed by atoms with van der Waals surface area (Å²) in [5.41, 5.74) is 2.16. The molecule has 0 heterocycles. The quantitative estimate of drug-likeness (QED) is 0.807. The fourth-order valence-electron chi connectivity index (χ4n) is 1.46. The van der Waals surface area contributed by atoms with Crippen molar-refractivity contribution in [2.45, 2.75) is 26.2 Å². The number of rotatable bonds is 5. The minimum Gasteiger partial charge on any atom is -0.496 e. The van der Waals surface area contributed by atoms with E-state index in [0.29, 0.717) is 6.42 Å². The molecule has 1 aromatic carbocycles. The lowest BCUT2D eigenvalue weighted by molar-refractivity contribution is -0.136. The lowest BCUT2D eigenvalue weighted by Crippen LogP contribution is -2.00. The van der Waals surface area contributed by atoms with Crippen LogP contribution in [0.5, 0.6) is 5.75 Å². The smallest absolute Gasteiger partial charge is 0.303 e. The van der Waals surface area contributed by atoms with E-state index in [4.69, 9.17) is 9.84 Å². The third-order valence-electron chi connectivity index (χ3n) is 2.37. The summed E-state index contributed by atoms with van der Waals surface area (Å²) in [7, 11) is 1.61. The van der Waals surface area contributed by atoms with Crippen molar-refractivity contribution in [1.29, 1.82) is 0 Å². The molecular formula is C12H16O3. The first-order valence-corrected chi connectivity index (χ1v) is 5.05. The number of hydrogen-bond donors (Lipinski definition) is 1. The van der Waals surface area contributed by atoms with Gasteiger partial charge in [0.25, 0.3) is 0 Å². The van der Waals surface area contributed by atoms with E-state index in [-0.39, 0.29) is 6.42 Å². The van der Waals surface area contributed by atoms with Gasteiger partial charge in [0.1, 0.15) is 5.75 Å². The minimum absolute atomic E-state index is 0.141. The van der Waals surface area contributed by atoms with Crippen molar-refractivity contribution >= 4 is 5.97 Å². The molecule has 0 amide bonds. The Morgan fingerprint density at radius 1 is 1.47 bits per heavy atom. The van der Waals surface area contributed by atoms with Gasteiger partial charge in [0.15, 0.2) is 0 Å². The van der Waals surface area contributed by atoms with Gasteiger partial charge in [-0.05, 0) is 30.0 Å². The Balaban J connectivity index is 2.82. The van der Waals surface area contributed by atoms with Crippen LogP contribution >= 0.6 is 0 Å². The summed E-state index contributed by atoms with van der Waals surface area (Å²) in [6.45, 7) is 2.08. The molecule has 0 bridgehead atoms. The second-order valence-corrected chi connectivity index (χ2v) is 3.39. The van der Waals surface area contributed by atoms with Crippen molar-refractivity contribution in [1.82, 2.24) is 0 Å². The molecule has 15 heavy (non-hydrogen) atoms. The molecule has 0 saturated carbocycles. The van der Waals surface area contributed by atoms with E-state index in [9.17, 15) is 4.79 Å². The van der Waals surface area contributed by atoms with Crippen LogP contribution in [-0.2, 0) is 17.6 Å². The number of benzene rings is 1. The van der Waals surface area contributed by atoms with Crippen LogP contribution in [0, 0.1) is 0 Å². The minimum atomic E-state index is -0.781. The second-order valence-electron chi connectivity index (χ2n) is 3.39. The summed E-state index contributed by atoms with van der Waals surface area (Å²) in [4.78, 5) is 10.5. The fourth-order valence-corrected chi connectivity index (χ4v) is 1.46. The fraction of sp³-hybridized carbons (Fsp3) is 0.417. The first-order valence-electron chi connectivity index (χ1n) is 5.05. The highest BCUT2D eigenvalue weighted by Gasteiger charge is 2.06. The molecule has 1 N–H and O–H groups in total. The van der Waals surface area contributed by atoms with E-state index in [1.54, 1.807) is 7.11 Å². The molecule has 0 atom stereocenters. The van der Waals surface area contributed by atoms with E-state index in [0.717, 1.165) is 17.7 Å². The first kappa shape index (κ1) is 11.6. The third-order valence-corrected chi connectivity index (χ3v) is 2.37. The van der Waals surface area contributed by atoms with Crippen LogP contribution in [0.2, 0.25) is 0 Å². The average molecular weight is 208 g/mol. The molecule has 0 aliphatic rings. The zero-order chi connectivity index (χ0) is 11.3. The predicted octanol–water partition coefficient (Wildman–Crippen LogP) is 2.27. The van der Waals surface area contributed by atoms with Gasteiger partial charge in [-0.3, -0.25) is 4.79 Å². The van der Waals surface area contributed by atoms with E-state index in [2.05, 4.69) is 6.92 Å². The van der Waals surface area contributed by atoms with Crippen molar-refractivity contribution in [2.24, 2.45) is 0 Å². The molecule has 0 fully saturated rings. The van der Waals surface area contributed by atoms with Gasteiger partial charge in [-0.2, -0.15) is 0 Å². The maximum atomic E-state index is 10.5. The standard InChI is InChI=1S/C12H16O3/c1-3-9-4-5-10(6-7-12(13)14)11(8-9)15-2/h4-5,8H,3,6-7H2,1-2H3,(H,13,14). The number of aryl methyl sites for hydroxylation is 2. The van der Waals surface area contributed by atoms with Crippen molar-refractivity contribution in [3.05, 3.63) is 29.3 Å². The number of carbonyl (C=O) groups is 1. The number of carboxylic acid groups (broad SMARTS) is 1. The molecule has 0 radical (unpaired) electrons. The van der Waals surface area contributed by atoms with Gasteiger partial charge in [0.2, 0.25) is 0 Å². The molecule has 1 rings (SSSR count). The second kappa shape index (κ2) is 5.39. The molecule has 0 aliphatic heterocycles. The Hall–Kier alpha value is -1.51. The summed E-state index contributed by atoms with van der Waals surface area (Å²) in [5.74, 6) is 0.00669. The zero-order valence-corrected chi connectivity index (χ0v) is 9.12. The van der Waals surface area contributed by atoms with Gasteiger partial charge in [0.05, 0.1) is 7.11 Å². The van der Waals surface area contributed by atoms with Crippen LogP contribution in [0.25, 0.3) is 0 Å². The zero-order valence-electron chi connectivity index (χ0n) is 9.12. The van der Waals surface area contributed by atoms with Crippen LogP contribution < -0.4 is 4.74 Å². The predicted molar refractivity (Wildman–Crippen MR) is 58.3 cm³/mol. The lowest BCUT2D eigenvalue weighted by atomic mass is 10.0. The van der Waals surface area contributed by atoms with Gasteiger partial charge in [-0.25, -0.2) is 0 Å². The van der Waals surface area contributed by atoms with Gasteiger partial charge < -0.3 is 9.84 Å². The number of ether oxygens (including phenoxy) is 1. The topological polar surface area (TPSA) is 46.5 Å². The summed E-state index contributed by atoms with van der Waals surface area (Å²) < 4.78 is 5.23. The normalized spacial score (nSPS) is 10.0. The maximum absolute atomic E-state index is 10.5. The maximum Gasteiger partial charge on any atom is 0.303 e. The van der Waals surface area contributed by atoms with E-state index in [1.165, 1.54) is 5.56 Å². The Bertz CT molecular complexity index is 345. The van der Waals surface area contributed by atoms with Gasteiger partial charge in [-0.1, -0.05) is 19.1 Å². The van der Waals surface area contributed by atoms with Crippen LogP contribution in [0.4, 0.5) is 0 Å². The van der Waals surface area contributed by atoms with Crippen LogP contribution in [0.1, 0.15) is 24.5 Å². The molecule has 0 spiro atoms. The van der Waals surface area contributed by atoms with Gasteiger partial charge in [-0.15, -0.1) is 0 Å². The van der Waals surface area contributed by atoms with E-state index < -0.39 is 5.97 Å². The average Bonchev–Trinajstić information content (AvgIpc) is 2.25. The Morgan fingerprint density at radius 3 is 2.73 bits per heavy atom. The molecule has 3 nitrogen and oxygen atoms in total. The first-order chi connectivity index (χ1) is 7.17. The van der Waals surface area contributed by atoms with Gasteiger partial charge in [0, 0.05) is 6.42 Å². The molecule has 1 aromatic rings. The van der Waals surface area contributed by atoms with E-state index >= 15 is 0 Å². The van der Waals surface area contributed by atoms with Crippen molar-refractivity contribution in [3.63, 3.8) is 0 Å². The summed E-state index contributed by atoms with van der Waals surface area (Å²) in [6.07, 6.45) is 1.61. The van der Waals surface area contributed by atoms with Crippen LogP contribution in [0.15, 0.2) is 18.2 Å². The monoisotopic (exact) mass is 208 g/mol. The van der Waals surface area contributed by atoms with E-state index in [1.807, 2.05) is 18.2 Å². The highest BCUT2D eigenvalue weighted by Crippen LogP contribution is 2.21. The van der Waals surface area contributed by atoms with Crippen LogP contribution in [0.3, 0.4) is 0 Å². The Labute approximate surface area is 89.7 Å². The lowest BCUT2D eigenvalue weighted by Gasteiger charge is -2.09. The Kier molecular flexibility index (Phi) is 4.16. The highest BCUT2D eigenvalue weighted by molar-refractivity contribution is 5.67. The third kappa shape index (κ3) is 3.27. The van der Waals surface area contributed by atoms with Crippen molar-refractivity contribution < 1.29 is 14.6 Å². The summed E-state index contributed by atoms with van der Waals surface area (Å²) in [6, 6.07) is 5.93. The van der Waals surface area contributed by atoms with Crippen molar-refractivity contribution in [2.75, 3.05) is 7.11 Å². The molecule has 0 aromatic heterocycles. The SMILES string of the molecule is CCc1ccc(CCC(=O)O)c(OC)c1. The summed E-state index contributed by atoms with van der Waals surface area (Å²) in [5, 5.41) is 8.60. The largest absolute Gasteiger partial charge is 0.496 e. The molecular weight excluding hydrogens is 192 g/mol. The number of methoxy groups -OCH3 is 1. The molecule has 0 saturated heterocycles. The van der Waals surface area contributed by atoms with Crippen LogP contribution in [-0.4, -0.2) is 18.2 Å². The number of hydrogen-bond acceptors (Lipinski definition) is 2. The highest BCUT2D eigenvalue weighted by atomic mass is 16.5. The number of aliphatic carboxylic acids is 1.